The second-order valence-corrected chi connectivity index (χ2v) is 6.63. The number of hydrogen-bond acceptors (Lipinski definition) is 4. The van der Waals surface area contributed by atoms with E-state index < -0.39 is 0 Å². The fourth-order valence-electron chi connectivity index (χ4n) is 3.33. The molecule has 4 aromatic rings. The zero-order valence-electron chi connectivity index (χ0n) is 16.2. The summed E-state index contributed by atoms with van der Waals surface area (Å²) in [5, 5.41) is 7.28. The van der Waals surface area contributed by atoms with E-state index in [1.807, 2.05) is 74.1 Å². The highest BCUT2D eigenvalue weighted by molar-refractivity contribution is 6.06. The number of benzene rings is 1. The minimum Gasteiger partial charge on any atom is -0.495 e. The molecule has 1 aromatic carbocycles. The van der Waals surface area contributed by atoms with Gasteiger partial charge in [0.1, 0.15) is 11.4 Å². The van der Waals surface area contributed by atoms with Crippen molar-refractivity contribution < 1.29 is 9.53 Å². The Hall–Kier alpha value is -3.61. The van der Waals surface area contributed by atoms with E-state index in [4.69, 9.17) is 4.74 Å². The molecule has 4 rings (SSSR count). The Balaban J connectivity index is 1.72. The second kappa shape index (κ2) is 6.84. The maximum atomic E-state index is 12.9. The van der Waals surface area contributed by atoms with E-state index in [-0.39, 0.29) is 5.91 Å². The molecule has 0 saturated carbocycles. The molecule has 3 heterocycles. The molecule has 0 radical (unpaired) electrons. The van der Waals surface area contributed by atoms with E-state index in [9.17, 15) is 4.79 Å². The van der Waals surface area contributed by atoms with Crippen LogP contribution in [-0.2, 0) is 7.05 Å². The van der Waals surface area contributed by atoms with Gasteiger partial charge >= 0.3 is 0 Å². The van der Waals surface area contributed by atoms with Gasteiger partial charge in [-0.15, -0.1) is 0 Å². The third kappa shape index (κ3) is 3.00. The number of methoxy groups -OCH3 is 1. The van der Waals surface area contributed by atoms with Crippen LogP contribution >= 0.6 is 0 Å². The number of pyridine rings is 1. The number of hydrogen-bond donors (Lipinski definition) is 1. The average Bonchev–Trinajstić information content (AvgIpc) is 3.22. The molecule has 0 aliphatic carbocycles. The predicted octanol–water partition coefficient (Wildman–Crippen LogP) is 3.61. The zero-order valence-corrected chi connectivity index (χ0v) is 16.2. The van der Waals surface area contributed by atoms with Gasteiger partial charge in [-0.25, -0.2) is 4.98 Å². The van der Waals surface area contributed by atoms with Crippen LogP contribution in [0.5, 0.6) is 5.75 Å². The molecule has 28 heavy (non-hydrogen) atoms. The molecule has 0 aliphatic heterocycles. The van der Waals surface area contributed by atoms with Gasteiger partial charge in [-0.2, -0.15) is 5.10 Å². The minimum atomic E-state index is -0.214. The number of imidazole rings is 1. The number of nitrogens with zero attached hydrogens (tertiary/aromatic N) is 4. The highest BCUT2D eigenvalue weighted by Crippen LogP contribution is 2.31. The smallest absolute Gasteiger partial charge is 0.259 e. The third-order valence-electron chi connectivity index (χ3n) is 4.84. The Kier molecular flexibility index (Phi) is 4.35. The fourth-order valence-corrected chi connectivity index (χ4v) is 3.33. The van der Waals surface area contributed by atoms with Crippen LogP contribution in [0.2, 0.25) is 0 Å². The summed E-state index contributed by atoms with van der Waals surface area (Å²) >= 11 is 0. The number of aromatic nitrogens is 4. The van der Waals surface area contributed by atoms with Gasteiger partial charge < -0.3 is 14.5 Å². The molecule has 142 valence electrons. The maximum absolute atomic E-state index is 12.9. The van der Waals surface area contributed by atoms with E-state index >= 15 is 0 Å². The van der Waals surface area contributed by atoms with Crippen molar-refractivity contribution in [1.82, 2.24) is 19.2 Å². The molecule has 1 N–H and O–H groups in total. The quantitative estimate of drug-likeness (QED) is 0.591. The highest BCUT2D eigenvalue weighted by atomic mass is 16.5. The Labute approximate surface area is 162 Å². The molecule has 0 saturated heterocycles. The summed E-state index contributed by atoms with van der Waals surface area (Å²) in [7, 11) is 3.40. The largest absolute Gasteiger partial charge is 0.495 e. The summed E-state index contributed by atoms with van der Waals surface area (Å²) in [6.07, 6.45) is 3.91. The van der Waals surface area contributed by atoms with E-state index in [0.717, 1.165) is 22.6 Å². The number of ether oxygens (including phenoxy) is 1. The van der Waals surface area contributed by atoms with Crippen molar-refractivity contribution in [2.24, 2.45) is 7.05 Å². The van der Waals surface area contributed by atoms with Crippen LogP contribution in [0.3, 0.4) is 0 Å². The van der Waals surface area contributed by atoms with Crippen LogP contribution in [-0.4, -0.2) is 32.2 Å². The van der Waals surface area contributed by atoms with Gasteiger partial charge in [0, 0.05) is 30.7 Å². The Morgan fingerprint density at radius 2 is 2.00 bits per heavy atom. The maximum Gasteiger partial charge on any atom is 0.259 e. The van der Waals surface area contributed by atoms with Crippen LogP contribution in [0.4, 0.5) is 5.69 Å². The molecule has 0 unspecified atom stereocenters. The molecular weight excluding hydrogens is 354 g/mol. The monoisotopic (exact) mass is 375 g/mol. The molecule has 1 amide bonds. The summed E-state index contributed by atoms with van der Waals surface area (Å²) in [6, 6.07) is 11.5. The standard InChI is InChI=1S/C21H21N5O2/c1-13-20(14(2)25(3)24-13)21(27)23-16-11-15(8-9-18(16)28-4)17-12-26-10-6-5-7-19(26)22-17/h5-12H,1-4H3,(H,23,27). The molecule has 0 atom stereocenters. The normalized spacial score (nSPS) is 11.0. The summed E-state index contributed by atoms with van der Waals surface area (Å²) < 4.78 is 9.10. The summed E-state index contributed by atoms with van der Waals surface area (Å²) in [5.74, 6) is 0.369. The van der Waals surface area contributed by atoms with Crippen molar-refractivity contribution in [3.05, 3.63) is 65.7 Å². The zero-order chi connectivity index (χ0) is 19.8. The van der Waals surface area contributed by atoms with Crippen LogP contribution in [0.25, 0.3) is 16.9 Å². The first kappa shape index (κ1) is 17.8. The van der Waals surface area contributed by atoms with Crippen molar-refractivity contribution in [2.75, 3.05) is 12.4 Å². The number of carbonyl (C=O) groups is 1. The van der Waals surface area contributed by atoms with Crippen LogP contribution in [0.1, 0.15) is 21.7 Å². The number of fused-ring (bicyclic) bond motifs is 1. The Bertz CT molecular complexity index is 1160. The summed E-state index contributed by atoms with van der Waals surface area (Å²) in [4.78, 5) is 17.5. The highest BCUT2D eigenvalue weighted by Gasteiger charge is 2.19. The number of carbonyl (C=O) groups excluding carboxylic acids is 1. The van der Waals surface area contributed by atoms with Gasteiger partial charge in [-0.1, -0.05) is 6.07 Å². The van der Waals surface area contributed by atoms with Gasteiger partial charge in [-0.05, 0) is 44.2 Å². The molecular formula is C21H21N5O2. The van der Waals surface area contributed by atoms with Crippen molar-refractivity contribution >= 4 is 17.2 Å². The lowest BCUT2D eigenvalue weighted by Crippen LogP contribution is -2.14. The van der Waals surface area contributed by atoms with Crippen molar-refractivity contribution in [2.45, 2.75) is 13.8 Å². The van der Waals surface area contributed by atoms with Crippen LogP contribution in [0, 0.1) is 13.8 Å². The molecule has 0 spiro atoms. The van der Waals surface area contributed by atoms with Crippen molar-refractivity contribution in [3.8, 4) is 17.0 Å². The molecule has 0 aliphatic rings. The number of nitrogens with one attached hydrogen (secondary N) is 1. The summed E-state index contributed by atoms with van der Waals surface area (Å²) in [6.45, 7) is 3.70. The van der Waals surface area contributed by atoms with E-state index in [2.05, 4.69) is 15.4 Å². The first-order valence-corrected chi connectivity index (χ1v) is 8.91. The Morgan fingerprint density at radius 3 is 2.68 bits per heavy atom. The second-order valence-electron chi connectivity index (χ2n) is 6.63. The number of amides is 1. The van der Waals surface area contributed by atoms with Crippen molar-refractivity contribution in [3.63, 3.8) is 0 Å². The van der Waals surface area contributed by atoms with Gasteiger partial charge in [0.15, 0.2) is 0 Å². The van der Waals surface area contributed by atoms with E-state index in [0.29, 0.717) is 22.7 Å². The lowest BCUT2D eigenvalue weighted by atomic mass is 10.1. The SMILES string of the molecule is COc1ccc(-c2cn3ccccc3n2)cc1NC(=O)c1c(C)nn(C)c1C. The fraction of sp³-hybridized carbons (Fsp3) is 0.190. The molecule has 0 fully saturated rings. The number of anilines is 1. The Morgan fingerprint density at radius 1 is 1.18 bits per heavy atom. The van der Waals surface area contributed by atoms with Crippen molar-refractivity contribution in [1.29, 1.82) is 0 Å². The molecule has 7 heteroatoms. The first-order valence-electron chi connectivity index (χ1n) is 8.91. The van der Waals surface area contributed by atoms with Gasteiger partial charge in [0.25, 0.3) is 5.91 Å². The van der Waals surface area contributed by atoms with E-state index in [1.165, 1.54) is 0 Å². The molecule has 7 nitrogen and oxygen atoms in total. The third-order valence-corrected chi connectivity index (χ3v) is 4.84. The average molecular weight is 375 g/mol. The lowest BCUT2D eigenvalue weighted by Gasteiger charge is -2.12. The van der Waals surface area contributed by atoms with Gasteiger partial charge in [-0.3, -0.25) is 9.48 Å². The van der Waals surface area contributed by atoms with Gasteiger partial charge in [0.05, 0.1) is 29.7 Å². The van der Waals surface area contributed by atoms with E-state index in [1.54, 1.807) is 11.8 Å². The van der Waals surface area contributed by atoms with Gasteiger partial charge in [0.2, 0.25) is 0 Å². The molecule has 0 bridgehead atoms. The lowest BCUT2D eigenvalue weighted by molar-refractivity contribution is 0.102. The molecule has 3 aromatic heterocycles. The minimum absolute atomic E-state index is 0.214. The van der Waals surface area contributed by atoms with Crippen LogP contribution < -0.4 is 10.1 Å². The summed E-state index contributed by atoms with van der Waals surface area (Å²) in [5.41, 5.74) is 5.23. The topological polar surface area (TPSA) is 73.5 Å². The van der Waals surface area contributed by atoms with Crippen LogP contribution in [0.15, 0.2) is 48.8 Å². The first-order chi connectivity index (χ1) is 13.5. The number of aryl methyl sites for hydroxylation is 2. The number of rotatable bonds is 4. The predicted molar refractivity (Wildman–Crippen MR) is 108 cm³/mol.